The van der Waals surface area contributed by atoms with Gasteiger partial charge in [0.25, 0.3) is 0 Å². The molecule has 0 spiro atoms. The molecule has 1 atom stereocenters. The van der Waals surface area contributed by atoms with Crippen LogP contribution < -0.4 is 14.8 Å². The van der Waals surface area contributed by atoms with Crippen LogP contribution in [0.3, 0.4) is 0 Å². The highest BCUT2D eigenvalue weighted by Gasteiger charge is 2.43. The zero-order chi connectivity index (χ0) is 25.6. The predicted octanol–water partition coefficient (Wildman–Crippen LogP) is 6.90. The number of hydrogen-bond acceptors (Lipinski definition) is 4. The molecule has 2 aromatic carbocycles. The number of carbonyl (C=O) groups is 1. The maximum Gasteiger partial charge on any atom is 0.220 e. The summed E-state index contributed by atoms with van der Waals surface area (Å²) < 4.78 is 11.8. The van der Waals surface area contributed by atoms with E-state index in [1.807, 2.05) is 48.5 Å². The van der Waals surface area contributed by atoms with Gasteiger partial charge in [-0.2, -0.15) is 0 Å². The fourth-order valence-electron chi connectivity index (χ4n) is 4.90. The number of rotatable bonds is 17. The van der Waals surface area contributed by atoms with Gasteiger partial charge in [-0.15, -0.1) is 0 Å². The molecule has 1 amide bonds. The Labute approximate surface area is 217 Å². The number of hydrogen-bond donors (Lipinski definition) is 2. The van der Waals surface area contributed by atoms with Crippen molar-refractivity contribution in [3.05, 3.63) is 59.7 Å². The van der Waals surface area contributed by atoms with E-state index < -0.39 is 5.60 Å². The average molecular weight is 496 g/mol. The largest absolute Gasteiger partial charge is 0.494 e. The molecule has 1 aliphatic rings. The zero-order valence-corrected chi connectivity index (χ0v) is 22.3. The van der Waals surface area contributed by atoms with Crippen molar-refractivity contribution in [2.75, 3.05) is 13.2 Å². The van der Waals surface area contributed by atoms with Gasteiger partial charge in [0.1, 0.15) is 17.1 Å². The summed E-state index contributed by atoms with van der Waals surface area (Å²) in [5.74, 6) is 1.58. The monoisotopic (exact) mass is 495 g/mol. The Morgan fingerprint density at radius 3 is 1.58 bits per heavy atom. The van der Waals surface area contributed by atoms with E-state index in [2.05, 4.69) is 19.2 Å². The van der Waals surface area contributed by atoms with Gasteiger partial charge in [0.15, 0.2) is 0 Å². The first kappa shape index (κ1) is 28.0. The molecular weight excluding hydrogens is 450 g/mol. The first-order valence-corrected chi connectivity index (χ1v) is 14.1. The first-order chi connectivity index (χ1) is 17.6. The normalized spacial score (nSPS) is 15.6. The quantitative estimate of drug-likeness (QED) is 0.234. The minimum absolute atomic E-state index is 0.0236. The van der Waals surface area contributed by atoms with Gasteiger partial charge in [0, 0.05) is 6.42 Å². The molecule has 1 aliphatic heterocycles. The molecule has 1 fully saturated rings. The van der Waals surface area contributed by atoms with Crippen LogP contribution in [0.1, 0.15) is 102 Å². The van der Waals surface area contributed by atoms with Gasteiger partial charge in [-0.1, -0.05) is 89.5 Å². The molecular formula is C31H45NO4. The van der Waals surface area contributed by atoms with Crippen molar-refractivity contribution in [1.82, 2.24) is 5.32 Å². The molecule has 2 N–H and O–H groups in total. The van der Waals surface area contributed by atoms with Crippen molar-refractivity contribution in [3.8, 4) is 11.5 Å². The number of carbonyl (C=O) groups excluding carboxylic acids is 1. The van der Waals surface area contributed by atoms with Crippen molar-refractivity contribution in [2.24, 2.45) is 0 Å². The van der Waals surface area contributed by atoms with Gasteiger partial charge in [0.2, 0.25) is 5.91 Å². The number of unbranched alkanes of at least 4 members (excludes halogenated alkanes) is 8. The van der Waals surface area contributed by atoms with Crippen LogP contribution in [-0.4, -0.2) is 30.3 Å². The van der Waals surface area contributed by atoms with E-state index in [1.165, 1.54) is 51.4 Å². The minimum atomic E-state index is -1.33. The molecule has 5 heteroatoms. The Kier molecular flexibility index (Phi) is 11.6. The third-order valence-electron chi connectivity index (χ3n) is 7.12. The Hall–Kier alpha value is -2.53. The Bertz CT molecular complexity index is 834. The van der Waals surface area contributed by atoms with Gasteiger partial charge >= 0.3 is 0 Å². The number of benzene rings is 2. The van der Waals surface area contributed by atoms with Gasteiger partial charge in [-0.3, -0.25) is 4.79 Å². The maximum atomic E-state index is 12.1. The van der Waals surface area contributed by atoms with E-state index in [-0.39, 0.29) is 11.9 Å². The Balaban J connectivity index is 1.66. The van der Waals surface area contributed by atoms with Crippen LogP contribution in [-0.2, 0) is 10.4 Å². The summed E-state index contributed by atoms with van der Waals surface area (Å²) in [5, 5.41) is 15.0. The average Bonchev–Trinajstić information content (AvgIpc) is 3.35. The Morgan fingerprint density at radius 2 is 1.19 bits per heavy atom. The second-order valence-corrected chi connectivity index (χ2v) is 10.00. The summed E-state index contributed by atoms with van der Waals surface area (Å²) in [6.07, 6.45) is 13.0. The SMILES string of the molecule is CCCCCCCOc1ccc(C(O)(c2ccc(OCCCCCCC)cc2)[C@H]2CCC(=O)N2)cc1. The van der Waals surface area contributed by atoms with Crippen molar-refractivity contribution < 1.29 is 19.4 Å². The molecule has 0 bridgehead atoms. The van der Waals surface area contributed by atoms with E-state index in [9.17, 15) is 9.90 Å². The van der Waals surface area contributed by atoms with E-state index in [1.54, 1.807) is 0 Å². The molecule has 0 saturated carbocycles. The molecule has 198 valence electrons. The summed E-state index contributed by atoms with van der Waals surface area (Å²) >= 11 is 0. The highest BCUT2D eigenvalue weighted by Crippen LogP contribution is 2.38. The van der Waals surface area contributed by atoms with Crippen molar-refractivity contribution in [3.63, 3.8) is 0 Å². The first-order valence-electron chi connectivity index (χ1n) is 14.1. The van der Waals surface area contributed by atoms with Crippen LogP contribution in [0.5, 0.6) is 11.5 Å². The van der Waals surface area contributed by atoms with Crippen LogP contribution in [0.2, 0.25) is 0 Å². The summed E-state index contributed by atoms with van der Waals surface area (Å²) in [7, 11) is 0. The summed E-state index contributed by atoms with van der Waals surface area (Å²) in [6, 6.07) is 14.9. The minimum Gasteiger partial charge on any atom is -0.494 e. The molecule has 0 aromatic heterocycles. The zero-order valence-electron chi connectivity index (χ0n) is 22.3. The van der Waals surface area contributed by atoms with Crippen LogP contribution in [0, 0.1) is 0 Å². The fourth-order valence-corrected chi connectivity index (χ4v) is 4.90. The van der Waals surface area contributed by atoms with Crippen molar-refractivity contribution >= 4 is 5.91 Å². The van der Waals surface area contributed by atoms with E-state index in [0.717, 1.165) is 35.5 Å². The van der Waals surface area contributed by atoms with E-state index in [0.29, 0.717) is 26.1 Å². The van der Waals surface area contributed by atoms with Crippen molar-refractivity contribution in [2.45, 2.75) is 103 Å². The van der Waals surface area contributed by atoms with Crippen LogP contribution >= 0.6 is 0 Å². The number of aliphatic hydroxyl groups is 1. The third kappa shape index (κ3) is 7.99. The molecule has 1 heterocycles. The lowest BCUT2D eigenvalue weighted by atomic mass is 9.79. The summed E-state index contributed by atoms with van der Waals surface area (Å²) in [6.45, 7) is 5.84. The van der Waals surface area contributed by atoms with Crippen LogP contribution in [0.4, 0.5) is 0 Å². The highest BCUT2D eigenvalue weighted by atomic mass is 16.5. The Morgan fingerprint density at radius 1 is 0.750 bits per heavy atom. The maximum absolute atomic E-state index is 12.1. The molecule has 3 rings (SSSR count). The molecule has 0 radical (unpaired) electrons. The van der Waals surface area contributed by atoms with E-state index in [4.69, 9.17) is 9.47 Å². The predicted molar refractivity (Wildman–Crippen MR) is 146 cm³/mol. The molecule has 36 heavy (non-hydrogen) atoms. The second kappa shape index (κ2) is 14.9. The highest BCUT2D eigenvalue weighted by molar-refractivity contribution is 5.79. The lowest BCUT2D eigenvalue weighted by molar-refractivity contribution is -0.120. The van der Waals surface area contributed by atoms with E-state index >= 15 is 0 Å². The number of nitrogens with one attached hydrogen (secondary N) is 1. The molecule has 5 nitrogen and oxygen atoms in total. The van der Waals surface area contributed by atoms with Crippen molar-refractivity contribution in [1.29, 1.82) is 0 Å². The smallest absolute Gasteiger partial charge is 0.220 e. The lowest BCUT2D eigenvalue weighted by Crippen LogP contribution is -2.47. The van der Waals surface area contributed by atoms with Gasteiger partial charge in [-0.25, -0.2) is 0 Å². The topological polar surface area (TPSA) is 67.8 Å². The molecule has 0 unspecified atom stereocenters. The number of ether oxygens (including phenoxy) is 2. The van der Waals surface area contributed by atoms with Gasteiger partial charge in [-0.05, 0) is 54.7 Å². The second-order valence-electron chi connectivity index (χ2n) is 10.00. The number of amides is 1. The summed E-state index contributed by atoms with van der Waals surface area (Å²) in [5.41, 5.74) is 0.160. The molecule has 0 aliphatic carbocycles. The van der Waals surface area contributed by atoms with Crippen LogP contribution in [0.15, 0.2) is 48.5 Å². The third-order valence-corrected chi connectivity index (χ3v) is 7.12. The fraction of sp³-hybridized carbons (Fsp3) is 0.581. The molecule has 2 aromatic rings. The van der Waals surface area contributed by atoms with Gasteiger partial charge < -0.3 is 19.9 Å². The van der Waals surface area contributed by atoms with Gasteiger partial charge in [0.05, 0.1) is 19.3 Å². The summed E-state index contributed by atoms with van der Waals surface area (Å²) in [4.78, 5) is 12.0. The molecule has 1 saturated heterocycles. The standard InChI is InChI=1S/C31H45NO4/c1-3-5-7-9-11-23-35-27-17-13-25(14-18-27)31(34,29-21-22-30(33)32-29)26-15-19-28(20-16-26)36-24-12-10-8-6-4-2/h13-20,29,34H,3-12,21-24H2,1-2H3,(H,32,33)/t29-/m1/s1. The lowest BCUT2D eigenvalue weighted by Gasteiger charge is -2.35. The van der Waals surface area contributed by atoms with Crippen LogP contribution in [0.25, 0.3) is 0 Å².